The Morgan fingerprint density at radius 3 is 2.44 bits per heavy atom. The second kappa shape index (κ2) is 6.55. The summed E-state index contributed by atoms with van der Waals surface area (Å²) in [6.45, 7) is 0.343. The fourth-order valence-corrected chi connectivity index (χ4v) is 1.61. The van der Waals surface area contributed by atoms with Gasteiger partial charge in [-0.1, -0.05) is 30.3 Å². The van der Waals surface area contributed by atoms with Crippen LogP contribution in [0.2, 0.25) is 0 Å². The highest BCUT2D eigenvalue weighted by Crippen LogP contribution is 2.05. The van der Waals surface area contributed by atoms with Crippen LogP contribution in [0.25, 0.3) is 0 Å². The summed E-state index contributed by atoms with van der Waals surface area (Å²) in [6, 6.07) is 13.5. The van der Waals surface area contributed by atoms with Crippen molar-refractivity contribution in [2.45, 2.75) is 19.4 Å². The van der Waals surface area contributed by atoms with Crippen LogP contribution in [0.15, 0.2) is 54.9 Å². The van der Waals surface area contributed by atoms with E-state index in [1.165, 1.54) is 0 Å². The molecule has 0 aliphatic carbocycles. The van der Waals surface area contributed by atoms with E-state index in [1.54, 1.807) is 12.4 Å². The molecule has 0 aliphatic heterocycles. The van der Waals surface area contributed by atoms with Gasteiger partial charge in [0.2, 0.25) is 0 Å². The summed E-state index contributed by atoms with van der Waals surface area (Å²) in [6.07, 6.45) is 4.54. The van der Waals surface area contributed by atoms with Crippen LogP contribution in [0.3, 0.4) is 0 Å². The quantitative estimate of drug-likeness (QED) is 0.755. The second-order valence-electron chi connectivity index (χ2n) is 4.00. The van der Waals surface area contributed by atoms with Crippen molar-refractivity contribution >= 4 is 5.97 Å². The summed E-state index contributed by atoms with van der Waals surface area (Å²) < 4.78 is 5.20. The summed E-state index contributed by atoms with van der Waals surface area (Å²) in [7, 11) is 0. The minimum atomic E-state index is -0.171. The lowest BCUT2D eigenvalue weighted by molar-refractivity contribution is -0.144. The van der Waals surface area contributed by atoms with Gasteiger partial charge in [0, 0.05) is 18.8 Å². The van der Waals surface area contributed by atoms with Gasteiger partial charge in [0.05, 0.1) is 0 Å². The van der Waals surface area contributed by atoms with Crippen LogP contribution in [-0.2, 0) is 22.6 Å². The van der Waals surface area contributed by atoms with Gasteiger partial charge in [0.1, 0.15) is 6.61 Å². The van der Waals surface area contributed by atoms with Crippen molar-refractivity contribution in [2.24, 2.45) is 0 Å². The van der Waals surface area contributed by atoms with E-state index < -0.39 is 0 Å². The van der Waals surface area contributed by atoms with Gasteiger partial charge in [0.25, 0.3) is 0 Å². The van der Waals surface area contributed by atoms with Crippen LogP contribution in [0.1, 0.15) is 17.5 Å². The summed E-state index contributed by atoms with van der Waals surface area (Å²) in [5.74, 6) is -0.171. The molecule has 2 rings (SSSR count). The Kier molecular flexibility index (Phi) is 4.47. The van der Waals surface area contributed by atoms with Crippen molar-refractivity contribution in [1.82, 2.24) is 4.98 Å². The first kappa shape index (κ1) is 12.3. The molecular formula is C15H15NO2. The fourth-order valence-electron chi connectivity index (χ4n) is 1.61. The van der Waals surface area contributed by atoms with Crippen molar-refractivity contribution in [3.63, 3.8) is 0 Å². The standard InChI is InChI=1S/C15H15NO2/c17-15(7-6-13-8-10-16-11-9-13)18-12-14-4-2-1-3-5-14/h1-5,8-11H,6-7,12H2. The first-order valence-electron chi connectivity index (χ1n) is 5.93. The van der Waals surface area contributed by atoms with Crippen molar-refractivity contribution in [3.05, 3.63) is 66.0 Å². The summed E-state index contributed by atoms with van der Waals surface area (Å²) in [5, 5.41) is 0. The van der Waals surface area contributed by atoms with Crippen molar-refractivity contribution in [2.75, 3.05) is 0 Å². The lowest BCUT2D eigenvalue weighted by Gasteiger charge is -2.04. The summed E-state index contributed by atoms with van der Waals surface area (Å²) in [5.41, 5.74) is 2.11. The van der Waals surface area contributed by atoms with E-state index in [2.05, 4.69) is 4.98 Å². The molecule has 0 unspecified atom stereocenters. The topological polar surface area (TPSA) is 39.2 Å². The van der Waals surface area contributed by atoms with E-state index in [-0.39, 0.29) is 5.97 Å². The van der Waals surface area contributed by atoms with Gasteiger partial charge in [-0.3, -0.25) is 9.78 Å². The molecular weight excluding hydrogens is 226 g/mol. The highest BCUT2D eigenvalue weighted by Gasteiger charge is 2.03. The Hall–Kier alpha value is -2.16. The van der Waals surface area contributed by atoms with Crippen LogP contribution >= 0.6 is 0 Å². The first-order valence-corrected chi connectivity index (χ1v) is 5.93. The number of aryl methyl sites for hydroxylation is 1. The number of hydrogen-bond donors (Lipinski definition) is 0. The molecule has 0 saturated heterocycles. The van der Waals surface area contributed by atoms with Gasteiger partial charge in [-0.25, -0.2) is 0 Å². The number of hydrogen-bond acceptors (Lipinski definition) is 3. The molecule has 18 heavy (non-hydrogen) atoms. The lowest BCUT2D eigenvalue weighted by atomic mass is 10.1. The summed E-state index contributed by atoms with van der Waals surface area (Å²) >= 11 is 0. The van der Waals surface area contributed by atoms with E-state index >= 15 is 0 Å². The molecule has 0 fully saturated rings. The Bertz CT molecular complexity index is 437. The van der Waals surface area contributed by atoms with E-state index in [1.807, 2.05) is 42.5 Å². The molecule has 0 N–H and O–H groups in total. The predicted octanol–water partition coefficient (Wildman–Crippen LogP) is 2.76. The number of pyridine rings is 1. The summed E-state index contributed by atoms with van der Waals surface area (Å²) in [4.78, 5) is 15.5. The van der Waals surface area contributed by atoms with Crippen LogP contribution < -0.4 is 0 Å². The highest BCUT2D eigenvalue weighted by molar-refractivity contribution is 5.69. The molecule has 0 aliphatic rings. The minimum Gasteiger partial charge on any atom is -0.461 e. The average molecular weight is 241 g/mol. The monoisotopic (exact) mass is 241 g/mol. The van der Waals surface area contributed by atoms with E-state index in [0.29, 0.717) is 19.4 Å². The normalized spacial score (nSPS) is 10.0. The molecule has 0 spiro atoms. The largest absolute Gasteiger partial charge is 0.461 e. The van der Waals surface area contributed by atoms with Gasteiger partial charge < -0.3 is 4.74 Å². The van der Waals surface area contributed by atoms with Gasteiger partial charge in [-0.15, -0.1) is 0 Å². The molecule has 0 bridgehead atoms. The molecule has 1 heterocycles. The maximum absolute atomic E-state index is 11.6. The molecule has 0 saturated carbocycles. The predicted molar refractivity (Wildman–Crippen MR) is 68.8 cm³/mol. The van der Waals surface area contributed by atoms with Gasteiger partial charge in [-0.05, 0) is 29.7 Å². The molecule has 0 atom stereocenters. The van der Waals surface area contributed by atoms with E-state index in [9.17, 15) is 4.79 Å². The SMILES string of the molecule is O=C(CCc1ccncc1)OCc1ccccc1. The maximum Gasteiger partial charge on any atom is 0.306 e. The Balaban J connectivity index is 1.73. The Labute approximate surface area is 106 Å². The van der Waals surface area contributed by atoms with Gasteiger partial charge >= 0.3 is 5.97 Å². The van der Waals surface area contributed by atoms with Gasteiger partial charge in [0.15, 0.2) is 0 Å². The number of esters is 1. The van der Waals surface area contributed by atoms with Crippen LogP contribution in [0, 0.1) is 0 Å². The lowest BCUT2D eigenvalue weighted by Crippen LogP contribution is -2.05. The molecule has 0 amide bonds. The number of nitrogens with zero attached hydrogens (tertiary/aromatic N) is 1. The zero-order valence-corrected chi connectivity index (χ0v) is 10.1. The van der Waals surface area contributed by atoms with Gasteiger partial charge in [-0.2, -0.15) is 0 Å². The third-order valence-electron chi connectivity index (χ3n) is 2.61. The van der Waals surface area contributed by atoms with Crippen LogP contribution in [0.4, 0.5) is 0 Å². The third-order valence-corrected chi connectivity index (χ3v) is 2.61. The molecule has 92 valence electrons. The minimum absolute atomic E-state index is 0.171. The van der Waals surface area contributed by atoms with Crippen LogP contribution in [0.5, 0.6) is 0 Å². The third kappa shape index (κ3) is 4.01. The number of carbonyl (C=O) groups is 1. The molecule has 0 radical (unpaired) electrons. The number of aromatic nitrogens is 1. The smallest absolute Gasteiger partial charge is 0.306 e. The van der Waals surface area contributed by atoms with E-state index in [0.717, 1.165) is 11.1 Å². The molecule has 1 aromatic heterocycles. The average Bonchev–Trinajstić information content (AvgIpc) is 2.45. The first-order chi connectivity index (χ1) is 8.84. The highest BCUT2D eigenvalue weighted by atomic mass is 16.5. The zero-order valence-electron chi connectivity index (χ0n) is 10.1. The number of rotatable bonds is 5. The van der Waals surface area contributed by atoms with Crippen molar-refractivity contribution < 1.29 is 9.53 Å². The Morgan fingerprint density at radius 2 is 1.72 bits per heavy atom. The molecule has 2 aromatic rings. The molecule has 1 aromatic carbocycles. The number of carbonyl (C=O) groups excluding carboxylic acids is 1. The van der Waals surface area contributed by atoms with Crippen molar-refractivity contribution in [3.8, 4) is 0 Å². The fraction of sp³-hybridized carbons (Fsp3) is 0.200. The van der Waals surface area contributed by atoms with Crippen LogP contribution in [-0.4, -0.2) is 11.0 Å². The molecule has 3 heteroatoms. The second-order valence-corrected chi connectivity index (χ2v) is 4.00. The maximum atomic E-state index is 11.6. The molecule has 3 nitrogen and oxygen atoms in total. The number of benzene rings is 1. The number of ether oxygens (including phenoxy) is 1. The Morgan fingerprint density at radius 1 is 1.00 bits per heavy atom. The van der Waals surface area contributed by atoms with Crippen molar-refractivity contribution in [1.29, 1.82) is 0 Å². The van der Waals surface area contributed by atoms with E-state index in [4.69, 9.17) is 4.74 Å². The zero-order chi connectivity index (χ0) is 12.6.